The molecule has 0 rings (SSSR count). The Hall–Kier alpha value is -1.48. The minimum atomic E-state index is -4.73. The molecule has 0 aromatic heterocycles. The largest absolute Gasteiger partial charge is 0.456 e. The quantitative estimate of drug-likeness (QED) is 0.578. The summed E-state index contributed by atoms with van der Waals surface area (Å²) in [7, 11) is 0. The summed E-state index contributed by atoms with van der Waals surface area (Å²) in [6.45, 7) is -1.56. The predicted molar refractivity (Wildman–Crippen MR) is 52.4 cm³/mol. The van der Waals surface area contributed by atoms with Gasteiger partial charge in [-0.2, -0.15) is 26.3 Å². The average Bonchev–Trinajstić information content (AvgIpc) is 2.20. The Morgan fingerprint density at radius 3 is 1.65 bits per heavy atom. The Labute approximate surface area is 110 Å². The fraction of sp³-hybridized carbons (Fsp3) is 0.800. The standard InChI is InChI=1S/C10H12F6O4/c1-8(2,7(18)20-5-10(14,15)16)3-6(17)19-4-9(11,12)13/h3-5H2,1-2H3. The zero-order valence-corrected chi connectivity index (χ0v) is 10.5. The highest BCUT2D eigenvalue weighted by molar-refractivity contribution is 5.82. The molecule has 0 aliphatic rings. The zero-order valence-electron chi connectivity index (χ0n) is 10.5. The van der Waals surface area contributed by atoms with Gasteiger partial charge < -0.3 is 9.47 Å². The van der Waals surface area contributed by atoms with Gasteiger partial charge in [0.1, 0.15) is 0 Å². The molecular weight excluding hydrogens is 298 g/mol. The van der Waals surface area contributed by atoms with E-state index in [-0.39, 0.29) is 0 Å². The molecule has 0 aliphatic carbocycles. The number of hydrogen-bond acceptors (Lipinski definition) is 4. The van der Waals surface area contributed by atoms with Gasteiger partial charge in [0.25, 0.3) is 0 Å². The molecule has 0 saturated heterocycles. The van der Waals surface area contributed by atoms with Crippen LogP contribution in [-0.4, -0.2) is 37.5 Å². The molecule has 0 aromatic rings. The van der Waals surface area contributed by atoms with Gasteiger partial charge in [-0.05, 0) is 13.8 Å². The first-order valence-electron chi connectivity index (χ1n) is 5.19. The van der Waals surface area contributed by atoms with E-state index in [1.165, 1.54) is 0 Å². The lowest BCUT2D eigenvalue weighted by Crippen LogP contribution is -2.33. The molecule has 0 fully saturated rings. The summed E-state index contributed by atoms with van der Waals surface area (Å²) in [5, 5.41) is 0. The molecule has 0 amide bonds. The Morgan fingerprint density at radius 2 is 1.25 bits per heavy atom. The van der Waals surface area contributed by atoms with Gasteiger partial charge >= 0.3 is 24.3 Å². The van der Waals surface area contributed by atoms with E-state index in [0.717, 1.165) is 13.8 Å². The third kappa shape index (κ3) is 8.59. The number of halogens is 6. The van der Waals surface area contributed by atoms with Crippen LogP contribution in [0, 0.1) is 5.41 Å². The summed E-state index contributed by atoms with van der Waals surface area (Å²) in [6, 6.07) is 0. The second-order valence-corrected chi connectivity index (χ2v) is 4.53. The lowest BCUT2D eigenvalue weighted by molar-refractivity contribution is -0.196. The number of carbonyl (C=O) groups excluding carboxylic acids is 2. The fourth-order valence-corrected chi connectivity index (χ4v) is 0.989. The molecule has 0 bridgehead atoms. The summed E-state index contributed by atoms with van der Waals surface area (Å²) in [6.07, 6.45) is -10.3. The van der Waals surface area contributed by atoms with Crippen LogP contribution >= 0.6 is 0 Å². The van der Waals surface area contributed by atoms with Crippen molar-refractivity contribution < 1.29 is 45.4 Å². The molecule has 10 heteroatoms. The number of hydrogen-bond donors (Lipinski definition) is 0. The van der Waals surface area contributed by atoms with Crippen LogP contribution in [0.2, 0.25) is 0 Å². The first-order valence-corrected chi connectivity index (χ1v) is 5.19. The minimum absolute atomic E-state index is 0.834. The summed E-state index contributed by atoms with van der Waals surface area (Å²) < 4.78 is 78.5. The molecule has 0 aromatic carbocycles. The van der Waals surface area contributed by atoms with Gasteiger partial charge in [0.2, 0.25) is 0 Å². The van der Waals surface area contributed by atoms with Crippen molar-refractivity contribution in [2.24, 2.45) is 5.41 Å². The van der Waals surface area contributed by atoms with Crippen LogP contribution in [0.25, 0.3) is 0 Å². The zero-order chi connectivity index (χ0) is 16.2. The first kappa shape index (κ1) is 18.5. The Balaban J connectivity index is 4.36. The van der Waals surface area contributed by atoms with Crippen molar-refractivity contribution >= 4 is 11.9 Å². The Kier molecular flexibility index (Phi) is 5.85. The van der Waals surface area contributed by atoms with E-state index in [2.05, 4.69) is 9.47 Å². The SMILES string of the molecule is CC(C)(CC(=O)OCC(F)(F)F)C(=O)OCC(F)(F)F. The van der Waals surface area contributed by atoms with Crippen molar-refractivity contribution in [1.82, 2.24) is 0 Å². The average molecular weight is 310 g/mol. The van der Waals surface area contributed by atoms with Gasteiger partial charge in [-0.3, -0.25) is 9.59 Å². The van der Waals surface area contributed by atoms with Gasteiger partial charge in [-0.1, -0.05) is 0 Å². The highest BCUT2D eigenvalue weighted by atomic mass is 19.4. The van der Waals surface area contributed by atoms with Gasteiger partial charge in [-0.25, -0.2) is 0 Å². The molecule has 20 heavy (non-hydrogen) atoms. The van der Waals surface area contributed by atoms with Gasteiger partial charge in [0, 0.05) is 0 Å². The maximum Gasteiger partial charge on any atom is 0.422 e. The van der Waals surface area contributed by atoms with E-state index in [9.17, 15) is 35.9 Å². The number of carbonyl (C=O) groups is 2. The van der Waals surface area contributed by atoms with Gasteiger partial charge in [-0.15, -0.1) is 0 Å². The summed E-state index contributed by atoms with van der Waals surface area (Å²) >= 11 is 0. The molecule has 118 valence electrons. The molecule has 0 radical (unpaired) electrons. The molecule has 0 N–H and O–H groups in total. The van der Waals surface area contributed by atoms with E-state index in [1.807, 2.05) is 0 Å². The monoisotopic (exact) mass is 310 g/mol. The molecule has 0 aliphatic heterocycles. The van der Waals surface area contributed by atoms with Crippen LogP contribution in [0.3, 0.4) is 0 Å². The predicted octanol–water partition coefficient (Wildman–Crippen LogP) is 2.61. The van der Waals surface area contributed by atoms with E-state index in [0.29, 0.717) is 0 Å². The molecule has 0 saturated carbocycles. The van der Waals surface area contributed by atoms with E-state index >= 15 is 0 Å². The fourth-order valence-electron chi connectivity index (χ4n) is 0.989. The second kappa shape index (κ2) is 6.31. The number of rotatable bonds is 5. The summed E-state index contributed by atoms with van der Waals surface area (Å²) in [5.74, 6) is -2.73. The van der Waals surface area contributed by atoms with Crippen molar-refractivity contribution in [2.45, 2.75) is 32.6 Å². The first-order chi connectivity index (χ1) is 8.73. The second-order valence-electron chi connectivity index (χ2n) is 4.53. The van der Waals surface area contributed by atoms with Crippen molar-refractivity contribution in [2.75, 3.05) is 13.2 Å². The van der Waals surface area contributed by atoms with Crippen LogP contribution in [0.1, 0.15) is 20.3 Å². The van der Waals surface area contributed by atoms with Gasteiger partial charge in [0.05, 0.1) is 11.8 Å². The third-order valence-corrected chi connectivity index (χ3v) is 1.90. The van der Waals surface area contributed by atoms with Crippen molar-refractivity contribution in [1.29, 1.82) is 0 Å². The van der Waals surface area contributed by atoms with Gasteiger partial charge in [0.15, 0.2) is 13.2 Å². The molecular formula is C10H12F6O4. The van der Waals surface area contributed by atoms with Crippen LogP contribution in [0.5, 0.6) is 0 Å². The highest BCUT2D eigenvalue weighted by Crippen LogP contribution is 2.25. The molecule has 0 spiro atoms. The molecule has 0 atom stereocenters. The van der Waals surface area contributed by atoms with Crippen LogP contribution in [0.15, 0.2) is 0 Å². The number of esters is 2. The summed E-state index contributed by atoms with van der Waals surface area (Å²) in [5.41, 5.74) is -1.73. The highest BCUT2D eigenvalue weighted by Gasteiger charge is 2.38. The smallest absolute Gasteiger partial charge is 0.422 e. The normalized spacial score (nSPS) is 13.0. The third-order valence-electron chi connectivity index (χ3n) is 1.90. The molecule has 4 nitrogen and oxygen atoms in total. The van der Waals surface area contributed by atoms with E-state index in [1.54, 1.807) is 0 Å². The number of alkyl halides is 6. The van der Waals surface area contributed by atoms with Crippen molar-refractivity contribution in [3.05, 3.63) is 0 Å². The topological polar surface area (TPSA) is 52.6 Å². The Morgan fingerprint density at radius 1 is 0.850 bits per heavy atom. The van der Waals surface area contributed by atoms with Crippen molar-refractivity contribution in [3.63, 3.8) is 0 Å². The Bertz CT molecular complexity index is 358. The maximum absolute atomic E-state index is 11.8. The van der Waals surface area contributed by atoms with Crippen LogP contribution in [0.4, 0.5) is 26.3 Å². The van der Waals surface area contributed by atoms with Crippen molar-refractivity contribution in [3.8, 4) is 0 Å². The summed E-state index contributed by atoms with van der Waals surface area (Å²) in [4.78, 5) is 22.4. The molecule has 0 unspecified atom stereocenters. The van der Waals surface area contributed by atoms with E-state index < -0.39 is 49.3 Å². The molecule has 0 heterocycles. The minimum Gasteiger partial charge on any atom is -0.456 e. The number of ether oxygens (including phenoxy) is 2. The lowest BCUT2D eigenvalue weighted by atomic mass is 9.89. The van der Waals surface area contributed by atoms with Crippen LogP contribution < -0.4 is 0 Å². The van der Waals surface area contributed by atoms with E-state index in [4.69, 9.17) is 0 Å². The van der Waals surface area contributed by atoms with Crippen LogP contribution in [-0.2, 0) is 19.1 Å². The lowest BCUT2D eigenvalue weighted by Gasteiger charge is -2.22. The maximum atomic E-state index is 11.8.